The van der Waals surface area contributed by atoms with Gasteiger partial charge in [-0.1, -0.05) is 0 Å². The summed E-state index contributed by atoms with van der Waals surface area (Å²) >= 11 is 0. The third kappa shape index (κ3) is 2.94. The van der Waals surface area contributed by atoms with Crippen molar-refractivity contribution in [1.29, 1.82) is 0 Å². The molecular formula is C17H29N5. The van der Waals surface area contributed by atoms with Crippen LogP contribution in [0.25, 0.3) is 0 Å². The zero-order valence-electron chi connectivity index (χ0n) is 14.0. The van der Waals surface area contributed by atoms with Gasteiger partial charge in [-0.15, -0.1) is 0 Å². The summed E-state index contributed by atoms with van der Waals surface area (Å²) in [6.45, 7) is 11.7. The summed E-state index contributed by atoms with van der Waals surface area (Å²) in [6, 6.07) is 0.482. The van der Waals surface area contributed by atoms with Crippen molar-refractivity contribution in [2.45, 2.75) is 38.9 Å². The number of aromatic nitrogens is 2. The van der Waals surface area contributed by atoms with Crippen LogP contribution < -0.4 is 0 Å². The summed E-state index contributed by atoms with van der Waals surface area (Å²) in [5.74, 6) is 2.25. The molecule has 3 aliphatic rings. The molecule has 1 saturated heterocycles. The molecule has 1 aromatic rings. The molecule has 0 amide bonds. The third-order valence-electron chi connectivity index (χ3n) is 5.67. The Labute approximate surface area is 133 Å². The van der Waals surface area contributed by atoms with Crippen LogP contribution in [0.5, 0.6) is 0 Å². The second-order valence-corrected chi connectivity index (χ2v) is 7.45. The normalized spacial score (nSPS) is 28.0. The van der Waals surface area contributed by atoms with Crippen molar-refractivity contribution in [2.24, 2.45) is 5.92 Å². The molecule has 0 spiro atoms. The van der Waals surface area contributed by atoms with E-state index in [9.17, 15) is 0 Å². The maximum atomic E-state index is 4.78. The first-order chi connectivity index (χ1) is 10.7. The van der Waals surface area contributed by atoms with Gasteiger partial charge in [0.25, 0.3) is 0 Å². The van der Waals surface area contributed by atoms with Crippen LogP contribution in [-0.4, -0.2) is 70.6 Å². The van der Waals surface area contributed by atoms with Crippen LogP contribution in [0.1, 0.15) is 37.3 Å². The standard InChI is InChI=1S/C17H29N5/c1-14-17-18-11-16(13-20-7-5-19(2)6-8-20)22(17)10-9-21(14)12-15-3-4-15/h11,14-15H,3-10,12-13H2,1-2H3/t14-/m0/s1. The van der Waals surface area contributed by atoms with Crippen molar-refractivity contribution in [3.8, 4) is 0 Å². The summed E-state index contributed by atoms with van der Waals surface area (Å²) in [5, 5.41) is 0. The number of hydrogen-bond donors (Lipinski definition) is 0. The molecule has 4 rings (SSSR count). The van der Waals surface area contributed by atoms with Crippen LogP contribution >= 0.6 is 0 Å². The van der Waals surface area contributed by atoms with Crippen LogP contribution in [0.15, 0.2) is 6.20 Å². The van der Waals surface area contributed by atoms with Gasteiger partial charge in [-0.25, -0.2) is 4.98 Å². The van der Waals surface area contributed by atoms with Gasteiger partial charge in [0.2, 0.25) is 0 Å². The summed E-state index contributed by atoms with van der Waals surface area (Å²) in [6.07, 6.45) is 5.00. The largest absolute Gasteiger partial charge is 0.328 e. The van der Waals surface area contributed by atoms with Gasteiger partial charge in [0, 0.05) is 58.6 Å². The number of rotatable bonds is 4. The molecule has 22 heavy (non-hydrogen) atoms. The Balaban J connectivity index is 1.43. The second kappa shape index (κ2) is 5.95. The Morgan fingerprint density at radius 2 is 1.86 bits per heavy atom. The van der Waals surface area contributed by atoms with E-state index in [4.69, 9.17) is 4.98 Å². The number of piperazine rings is 1. The Hall–Kier alpha value is -0.910. The highest BCUT2D eigenvalue weighted by atomic mass is 15.3. The molecule has 0 unspecified atom stereocenters. The predicted octanol–water partition coefficient (Wildman–Crippen LogP) is 1.42. The Morgan fingerprint density at radius 3 is 2.59 bits per heavy atom. The zero-order valence-corrected chi connectivity index (χ0v) is 14.0. The van der Waals surface area contributed by atoms with E-state index in [-0.39, 0.29) is 0 Å². The fourth-order valence-corrected chi connectivity index (χ4v) is 3.85. The lowest BCUT2D eigenvalue weighted by Crippen LogP contribution is -2.44. The highest BCUT2D eigenvalue weighted by Gasteiger charge is 2.32. The minimum atomic E-state index is 0.482. The van der Waals surface area contributed by atoms with Gasteiger partial charge in [0.05, 0.1) is 11.7 Å². The Bertz CT molecular complexity index is 513. The van der Waals surface area contributed by atoms with Gasteiger partial charge < -0.3 is 9.47 Å². The van der Waals surface area contributed by atoms with Crippen molar-refractivity contribution in [3.05, 3.63) is 17.7 Å². The van der Waals surface area contributed by atoms with E-state index in [2.05, 4.69) is 39.4 Å². The lowest BCUT2D eigenvalue weighted by atomic mass is 10.2. The monoisotopic (exact) mass is 303 g/mol. The Morgan fingerprint density at radius 1 is 1.09 bits per heavy atom. The smallest absolute Gasteiger partial charge is 0.126 e. The molecule has 2 fully saturated rings. The molecule has 0 radical (unpaired) electrons. The topological polar surface area (TPSA) is 27.5 Å². The van der Waals surface area contributed by atoms with Crippen molar-refractivity contribution >= 4 is 0 Å². The first-order valence-electron chi connectivity index (χ1n) is 8.90. The molecule has 0 aromatic carbocycles. The average Bonchev–Trinajstić information content (AvgIpc) is 3.24. The maximum Gasteiger partial charge on any atom is 0.126 e. The van der Waals surface area contributed by atoms with Gasteiger partial charge in [0.15, 0.2) is 0 Å². The number of fused-ring (bicyclic) bond motifs is 1. The molecule has 5 nitrogen and oxygen atoms in total. The van der Waals surface area contributed by atoms with Crippen molar-refractivity contribution in [1.82, 2.24) is 24.3 Å². The van der Waals surface area contributed by atoms with Crippen LogP contribution in [0.4, 0.5) is 0 Å². The number of nitrogens with zero attached hydrogens (tertiary/aromatic N) is 5. The molecule has 1 atom stereocenters. The van der Waals surface area contributed by atoms with Crippen molar-refractivity contribution < 1.29 is 0 Å². The van der Waals surface area contributed by atoms with Crippen LogP contribution in [0.3, 0.4) is 0 Å². The van der Waals surface area contributed by atoms with Crippen molar-refractivity contribution in [2.75, 3.05) is 46.3 Å². The number of hydrogen-bond acceptors (Lipinski definition) is 4. The molecule has 5 heteroatoms. The van der Waals surface area contributed by atoms with Gasteiger partial charge in [-0.2, -0.15) is 0 Å². The fourth-order valence-electron chi connectivity index (χ4n) is 3.85. The molecular weight excluding hydrogens is 274 g/mol. The highest BCUT2D eigenvalue weighted by molar-refractivity contribution is 5.11. The van der Waals surface area contributed by atoms with E-state index < -0.39 is 0 Å². The molecule has 2 aliphatic heterocycles. The molecule has 1 saturated carbocycles. The first-order valence-corrected chi connectivity index (χ1v) is 8.90. The van der Waals surface area contributed by atoms with E-state index in [1.165, 1.54) is 63.6 Å². The maximum absolute atomic E-state index is 4.78. The minimum absolute atomic E-state index is 0.482. The van der Waals surface area contributed by atoms with E-state index in [1.54, 1.807) is 0 Å². The minimum Gasteiger partial charge on any atom is -0.328 e. The molecule has 1 aromatic heterocycles. The van der Waals surface area contributed by atoms with Crippen LogP contribution in [0.2, 0.25) is 0 Å². The van der Waals surface area contributed by atoms with Gasteiger partial charge in [0.1, 0.15) is 5.82 Å². The number of likely N-dealkylation sites (N-methyl/N-ethyl adjacent to an activating group) is 1. The third-order valence-corrected chi connectivity index (χ3v) is 5.67. The summed E-state index contributed by atoms with van der Waals surface area (Å²) in [7, 11) is 2.22. The van der Waals surface area contributed by atoms with Gasteiger partial charge in [-0.3, -0.25) is 9.80 Å². The molecule has 3 heterocycles. The lowest BCUT2D eigenvalue weighted by molar-refractivity contribution is 0.137. The second-order valence-electron chi connectivity index (χ2n) is 7.45. The summed E-state index contributed by atoms with van der Waals surface area (Å²) < 4.78 is 2.49. The quantitative estimate of drug-likeness (QED) is 0.841. The summed E-state index contributed by atoms with van der Waals surface area (Å²) in [4.78, 5) is 12.4. The van der Waals surface area contributed by atoms with E-state index in [0.29, 0.717) is 6.04 Å². The first kappa shape index (κ1) is 14.7. The van der Waals surface area contributed by atoms with Crippen LogP contribution in [0, 0.1) is 5.92 Å². The van der Waals surface area contributed by atoms with Gasteiger partial charge >= 0.3 is 0 Å². The SMILES string of the molecule is C[C@H]1c2ncc(CN3CCN(C)CC3)n2CCN1CC1CC1. The highest BCUT2D eigenvalue weighted by Crippen LogP contribution is 2.34. The zero-order chi connectivity index (χ0) is 15.1. The lowest BCUT2D eigenvalue weighted by Gasteiger charge is -2.36. The molecule has 1 aliphatic carbocycles. The van der Waals surface area contributed by atoms with Crippen LogP contribution in [-0.2, 0) is 13.1 Å². The van der Waals surface area contributed by atoms with Gasteiger partial charge in [-0.05, 0) is 32.7 Å². The fraction of sp³-hybridized carbons (Fsp3) is 0.824. The predicted molar refractivity (Wildman–Crippen MR) is 87.7 cm³/mol. The van der Waals surface area contributed by atoms with E-state index in [0.717, 1.165) is 19.0 Å². The summed E-state index contributed by atoms with van der Waals surface area (Å²) in [5.41, 5.74) is 1.41. The molecule has 0 bridgehead atoms. The van der Waals surface area contributed by atoms with Crippen molar-refractivity contribution in [3.63, 3.8) is 0 Å². The number of imidazole rings is 1. The van der Waals surface area contributed by atoms with E-state index >= 15 is 0 Å². The molecule has 122 valence electrons. The molecule has 0 N–H and O–H groups in total. The Kier molecular flexibility index (Phi) is 3.96. The van der Waals surface area contributed by atoms with E-state index in [1.807, 2.05) is 0 Å². The average molecular weight is 303 g/mol.